The van der Waals surface area contributed by atoms with E-state index in [4.69, 9.17) is 9.47 Å². The number of nitrogens with zero attached hydrogens (tertiary/aromatic N) is 1. The average Bonchev–Trinajstić information content (AvgIpc) is 2.77. The van der Waals surface area contributed by atoms with Gasteiger partial charge in [-0.3, -0.25) is 4.79 Å². The van der Waals surface area contributed by atoms with Crippen molar-refractivity contribution in [1.82, 2.24) is 4.90 Å². The molecule has 0 aromatic heterocycles. The Hall–Kier alpha value is -0.940. The van der Waals surface area contributed by atoms with Crippen molar-refractivity contribution in [2.75, 3.05) is 13.2 Å². The first-order chi connectivity index (χ1) is 10.3. The summed E-state index contributed by atoms with van der Waals surface area (Å²) in [5.74, 6) is 0.239. The Bertz CT molecular complexity index is 368. The Morgan fingerprint density at radius 2 is 1.82 bits per heavy atom. The molecular formula is C17H31NO4. The van der Waals surface area contributed by atoms with Crippen LogP contribution in [0.2, 0.25) is 0 Å². The van der Waals surface area contributed by atoms with Gasteiger partial charge in [0.05, 0.1) is 31.0 Å². The topological polar surface area (TPSA) is 55.8 Å². The number of carbonyl (C=O) groups excluding carboxylic acids is 2. The van der Waals surface area contributed by atoms with E-state index in [2.05, 4.69) is 0 Å². The van der Waals surface area contributed by atoms with Crippen molar-refractivity contribution in [3.63, 3.8) is 0 Å². The average molecular weight is 313 g/mol. The lowest BCUT2D eigenvalue weighted by Gasteiger charge is -2.25. The predicted molar refractivity (Wildman–Crippen MR) is 85.7 cm³/mol. The van der Waals surface area contributed by atoms with Crippen LogP contribution in [0.15, 0.2) is 0 Å². The Kier molecular flexibility index (Phi) is 8.04. The highest BCUT2D eigenvalue weighted by molar-refractivity contribution is 5.79. The summed E-state index contributed by atoms with van der Waals surface area (Å²) in [5.41, 5.74) is 0. The highest BCUT2D eigenvalue weighted by atomic mass is 16.5. The minimum Gasteiger partial charge on any atom is -0.377 e. The van der Waals surface area contributed by atoms with Gasteiger partial charge in [-0.15, -0.1) is 0 Å². The van der Waals surface area contributed by atoms with Crippen LogP contribution in [0, 0.1) is 0 Å². The molecule has 1 aliphatic rings. The fourth-order valence-electron chi connectivity index (χ4n) is 2.76. The molecule has 1 rings (SSSR count). The molecule has 22 heavy (non-hydrogen) atoms. The van der Waals surface area contributed by atoms with Crippen LogP contribution in [0.25, 0.3) is 0 Å². The zero-order valence-corrected chi connectivity index (χ0v) is 14.6. The Labute approximate surface area is 134 Å². The number of carbonyl (C=O) groups is 2. The third-order valence-corrected chi connectivity index (χ3v) is 3.70. The highest BCUT2D eigenvalue weighted by Crippen LogP contribution is 2.23. The van der Waals surface area contributed by atoms with Gasteiger partial charge in [0.15, 0.2) is 0 Å². The van der Waals surface area contributed by atoms with E-state index in [1.54, 1.807) is 6.92 Å². The Morgan fingerprint density at radius 3 is 2.36 bits per heavy atom. The maximum Gasteiger partial charge on any atom is 0.223 e. The van der Waals surface area contributed by atoms with Gasteiger partial charge in [0.1, 0.15) is 5.78 Å². The van der Waals surface area contributed by atoms with E-state index in [9.17, 15) is 9.59 Å². The van der Waals surface area contributed by atoms with Gasteiger partial charge in [-0.05, 0) is 47.5 Å². The molecule has 0 bridgehead atoms. The first kappa shape index (κ1) is 19.1. The van der Waals surface area contributed by atoms with Gasteiger partial charge in [-0.2, -0.15) is 0 Å². The molecule has 1 saturated heterocycles. The second kappa shape index (κ2) is 9.26. The molecule has 1 aliphatic heterocycles. The third kappa shape index (κ3) is 6.88. The lowest BCUT2D eigenvalue weighted by atomic mass is 10.1. The molecule has 1 fully saturated rings. The zero-order chi connectivity index (χ0) is 16.7. The molecule has 5 nitrogen and oxygen atoms in total. The van der Waals surface area contributed by atoms with Crippen LogP contribution in [-0.2, 0) is 19.1 Å². The molecule has 0 unspecified atom stereocenters. The maximum atomic E-state index is 12.4. The molecule has 0 aromatic rings. The van der Waals surface area contributed by atoms with Gasteiger partial charge >= 0.3 is 0 Å². The Morgan fingerprint density at radius 1 is 1.14 bits per heavy atom. The number of hydrogen-bond donors (Lipinski definition) is 0. The Balaban J connectivity index is 2.56. The van der Waals surface area contributed by atoms with Crippen molar-refractivity contribution in [3.8, 4) is 0 Å². The van der Waals surface area contributed by atoms with Crippen LogP contribution in [0.4, 0.5) is 0 Å². The summed E-state index contributed by atoms with van der Waals surface area (Å²) < 4.78 is 11.6. The van der Waals surface area contributed by atoms with Crippen molar-refractivity contribution in [2.24, 2.45) is 0 Å². The molecule has 128 valence electrons. The van der Waals surface area contributed by atoms with Crippen molar-refractivity contribution < 1.29 is 19.1 Å². The molecule has 0 aromatic carbocycles. The van der Waals surface area contributed by atoms with Gasteiger partial charge in [0.2, 0.25) is 5.91 Å². The quantitative estimate of drug-likeness (QED) is 0.656. The predicted octanol–water partition coefficient (Wildman–Crippen LogP) is 2.57. The zero-order valence-electron chi connectivity index (χ0n) is 14.6. The van der Waals surface area contributed by atoms with Gasteiger partial charge in [0, 0.05) is 19.4 Å². The number of ketones is 1. The van der Waals surface area contributed by atoms with E-state index in [0.717, 1.165) is 6.42 Å². The van der Waals surface area contributed by atoms with Gasteiger partial charge in [-0.1, -0.05) is 0 Å². The minimum absolute atomic E-state index is 0.0796. The first-order valence-electron chi connectivity index (χ1n) is 8.35. The van der Waals surface area contributed by atoms with E-state index < -0.39 is 0 Å². The number of likely N-dealkylation sites (tertiary alicyclic amines) is 1. The molecule has 0 saturated carbocycles. The number of rotatable bonds is 9. The lowest BCUT2D eigenvalue weighted by Crippen LogP contribution is -2.39. The molecule has 5 heteroatoms. The molecule has 0 aliphatic carbocycles. The molecule has 0 N–H and O–H groups in total. The minimum atomic E-state index is 0.0796. The second-order valence-corrected chi connectivity index (χ2v) is 6.68. The summed E-state index contributed by atoms with van der Waals surface area (Å²) in [6.07, 6.45) is 2.73. The summed E-state index contributed by atoms with van der Waals surface area (Å²) >= 11 is 0. The lowest BCUT2D eigenvalue weighted by molar-refractivity contribution is -0.134. The van der Waals surface area contributed by atoms with Gasteiger partial charge in [-0.25, -0.2) is 0 Å². The molecule has 0 radical (unpaired) electrons. The smallest absolute Gasteiger partial charge is 0.223 e. The van der Waals surface area contributed by atoms with Crippen LogP contribution in [0.3, 0.4) is 0 Å². The van der Waals surface area contributed by atoms with Crippen molar-refractivity contribution in [3.05, 3.63) is 0 Å². The summed E-state index contributed by atoms with van der Waals surface area (Å²) in [5, 5.41) is 0. The summed E-state index contributed by atoms with van der Waals surface area (Å²) in [7, 11) is 0. The monoisotopic (exact) mass is 313 g/mol. The third-order valence-electron chi connectivity index (χ3n) is 3.70. The number of amides is 1. The normalized spacial score (nSPS) is 21.9. The van der Waals surface area contributed by atoms with E-state index in [0.29, 0.717) is 32.4 Å². The standard InChI is InChI=1S/C17H31NO4/c1-12(2)21-11-15-9-16(22-13(3)4)10-18(15)17(20)8-6-7-14(5)19/h12-13,15-16H,6-11H2,1-5H3/t15-,16+/m0/s1. The summed E-state index contributed by atoms with van der Waals surface area (Å²) in [4.78, 5) is 25.3. The van der Waals surface area contributed by atoms with E-state index in [1.807, 2.05) is 32.6 Å². The number of ether oxygens (including phenoxy) is 2. The van der Waals surface area contributed by atoms with Crippen molar-refractivity contribution >= 4 is 11.7 Å². The van der Waals surface area contributed by atoms with E-state index >= 15 is 0 Å². The number of Topliss-reactive ketones (excluding diaryl/α,β-unsaturated/α-hetero) is 1. The van der Waals surface area contributed by atoms with Crippen LogP contribution in [-0.4, -0.2) is 54.1 Å². The van der Waals surface area contributed by atoms with E-state index in [-0.39, 0.29) is 36.0 Å². The molecule has 2 atom stereocenters. The second-order valence-electron chi connectivity index (χ2n) is 6.68. The van der Waals surface area contributed by atoms with Crippen molar-refractivity contribution in [1.29, 1.82) is 0 Å². The van der Waals surface area contributed by atoms with Crippen LogP contribution < -0.4 is 0 Å². The molecule has 0 spiro atoms. The first-order valence-corrected chi connectivity index (χ1v) is 8.35. The molecular weight excluding hydrogens is 282 g/mol. The largest absolute Gasteiger partial charge is 0.377 e. The fourth-order valence-corrected chi connectivity index (χ4v) is 2.76. The van der Waals surface area contributed by atoms with Crippen LogP contribution in [0.5, 0.6) is 0 Å². The van der Waals surface area contributed by atoms with E-state index in [1.165, 1.54) is 0 Å². The van der Waals surface area contributed by atoms with Gasteiger partial charge in [0.25, 0.3) is 0 Å². The van der Waals surface area contributed by atoms with Crippen LogP contribution in [0.1, 0.15) is 60.3 Å². The highest BCUT2D eigenvalue weighted by Gasteiger charge is 2.36. The van der Waals surface area contributed by atoms with Crippen molar-refractivity contribution in [2.45, 2.75) is 84.7 Å². The van der Waals surface area contributed by atoms with Crippen LogP contribution >= 0.6 is 0 Å². The molecule has 1 amide bonds. The fraction of sp³-hybridized carbons (Fsp3) is 0.882. The summed E-state index contributed by atoms with van der Waals surface area (Å²) in [6.45, 7) is 10.8. The maximum absolute atomic E-state index is 12.4. The molecule has 1 heterocycles. The van der Waals surface area contributed by atoms with Gasteiger partial charge < -0.3 is 19.2 Å². The SMILES string of the molecule is CC(=O)CCCC(=O)N1C[C@H](OC(C)C)C[C@H]1COC(C)C. The summed E-state index contributed by atoms with van der Waals surface area (Å²) in [6, 6.07) is 0.0796. The number of hydrogen-bond acceptors (Lipinski definition) is 4.